The molecule has 18 heavy (non-hydrogen) atoms. The number of alkyl halides is 2. The number of methoxy groups -OCH3 is 1. The van der Waals surface area contributed by atoms with Gasteiger partial charge >= 0.3 is 0 Å². The van der Waals surface area contributed by atoms with Gasteiger partial charge in [0.05, 0.1) is 12.7 Å². The Morgan fingerprint density at radius 2 is 1.89 bits per heavy atom. The summed E-state index contributed by atoms with van der Waals surface area (Å²) in [4.78, 5) is 0. The Labute approximate surface area is 106 Å². The maximum atomic E-state index is 13.6. The molecule has 0 aliphatic heterocycles. The van der Waals surface area contributed by atoms with Crippen molar-refractivity contribution in [2.75, 3.05) is 7.11 Å². The predicted molar refractivity (Wildman–Crippen MR) is 66.9 cm³/mol. The van der Waals surface area contributed by atoms with Crippen LogP contribution in [0.4, 0.5) is 8.78 Å². The summed E-state index contributed by atoms with van der Waals surface area (Å²) in [6.45, 7) is 0.881. The Balaban J connectivity index is 2.46. The van der Waals surface area contributed by atoms with Crippen molar-refractivity contribution in [3.8, 4) is 5.75 Å². The third-order valence-electron chi connectivity index (χ3n) is 3.74. The number of hydrogen-bond donors (Lipinski definition) is 1. The van der Waals surface area contributed by atoms with Crippen molar-refractivity contribution < 1.29 is 13.5 Å². The minimum atomic E-state index is -2.92. The Hall–Kier alpha value is -1.16. The molecular weight excluding hydrogens is 236 g/mol. The largest absolute Gasteiger partial charge is 0.496 e. The molecule has 0 unspecified atom stereocenters. The Morgan fingerprint density at radius 1 is 1.28 bits per heavy atom. The van der Waals surface area contributed by atoms with Crippen molar-refractivity contribution in [2.45, 2.75) is 44.1 Å². The first kappa shape index (κ1) is 13.3. The van der Waals surface area contributed by atoms with Gasteiger partial charge in [0.1, 0.15) is 5.75 Å². The van der Waals surface area contributed by atoms with E-state index in [1.807, 2.05) is 0 Å². The molecule has 0 saturated heterocycles. The van der Waals surface area contributed by atoms with E-state index in [9.17, 15) is 8.78 Å². The van der Waals surface area contributed by atoms with Crippen molar-refractivity contribution in [1.82, 2.24) is 0 Å². The first-order valence-electron chi connectivity index (χ1n) is 6.22. The minimum absolute atomic E-state index is 0.0841. The van der Waals surface area contributed by atoms with E-state index in [-0.39, 0.29) is 11.3 Å². The maximum Gasteiger partial charge on any atom is 0.274 e. The number of rotatable bonds is 3. The second-order valence-corrected chi connectivity index (χ2v) is 5.17. The van der Waals surface area contributed by atoms with E-state index < -0.39 is 11.5 Å². The van der Waals surface area contributed by atoms with E-state index >= 15 is 0 Å². The summed E-state index contributed by atoms with van der Waals surface area (Å²) in [5.41, 5.74) is 6.55. The number of nitrogens with two attached hydrogens (primary N) is 1. The Morgan fingerprint density at radius 3 is 2.39 bits per heavy atom. The van der Waals surface area contributed by atoms with Crippen molar-refractivity contribution in [2.24, 2.45) is 5.73 Å². The van der Waals surface area contributed by atoms with Crippen LogP contribution in [0, 0.1) is 0 Å². The molecule has 1 aliphatic rings. The van der Waals surface area contributed by atoms with Gasteiger partial charge in [0.2, 0.25) is 0 Å². The molecule has 0 aromatic heterocycles. The fraction of sp³-hybridized carbons (Fsp3) is 0.571. The van der Waals surface area contributed by atoms with Gasteiger partial charge in [-0.25, -0.2) is 8.78 Å². The van der Waals surface area contributed by atoms with E-state index in [0.717, 1.165) is 38.2 Å². The zero-order chi connectivity index (χ0) is 13.4. The van der Waals surface area contributed by atoms with Gasteiger partial charge in [0, 0.05) is 12.5 Å². The molecule has 0 spiro atoms. The summed E-state index contributed by atoms with van der Waals surface area (Å²) in [6.07, 6.45) is 3.82. The first-order valence-corrected chi connectivity index (χ1v) is 6.22. The summed E-state index contributed by atoms with van der Waals surface area (Å²) in [5, 5.41) is 0. The standard InChI is InChI=1S/C14H19F2NO/c1-13(15,16)11-9-10(5-6-12(11)18-2)14(17)7-3-4-8-14/h5-6,9H,3-4,7-8,17H2,1-2H3. The Bertz CT molecular complexity index is 434. The number of hydrogen-bond acceptors (Lipinski definition) is 2. The molecule has 2 N–H and O–H groups in total. The number of ether oxygens (including phenoxy) is 1. The van der Waals surface area contributed by atoms with Crippen molar-refractivity contribution >= 4 is 0 Å². The zero-order valence-corrected chi connectivity index (χ0v) is 10.8. The third-order valence-corrected chi connectivity index (χ3v) is 3.74. The van der Waals surface area contributed by atoms with E-state index in [2.05, 4.69) is 0 Å². The van der Waals surface area contributed by atoms with Gasteiger partial charge in [-0.15, -0.1) is 0 Å². The fourth-order valence-electron chi connectivity index (χ4n) is 2.66. The quantitative estimate of drug-likeness (QED) is 0.896. The van der Waals surface area contributed by atoms with Crippen molar-refractivity contribution in [3.05, 3.63) is 29.3 Å². The normalized spacial score (nSPS) is 18.9. The Kier molecular flexibility index (Phi) is 3.32. The van der Waals surface area contributed by atoms with Gasteiger partial charge in [0.15, 0.2) is 0 Å². The first-order chi connectivity index (χ1) is 8.37. The molecule has 1 saturated carbocycles. The van der Waals surface area contributed by atoms with Crippen LogP contribution in [-0.2, 0) is 11.5 Å². The average molecular weight is 255 g/mol. The molecule has 0 radical (unpaired) electrons. The molecule has 1 aromatic carbocycles. The number of halogens is 2. The fourth-order valence-corrected chi connectivity index (χ4v) is 2.66. The lowest BCUT2D eigenvalue weighted by atomic mass is 9.87. The molecular formula is C14H19F2NO. The molecule has 0 amide bonds. The summed E-state index contributed by atoms with van der Waals surface area (Å²) >= 11 is 0. The second-order valence-electron chi connectivity index (χ2n) is 5.17. The molecule has 100 valence electrons. The summed E-state index contributed by atoms with van der Waals surface area (Å²) < 4.78 is 32.1. The highest BCUT2D eigenvalue weighted by Gasteiger charge is 2.35. The van der Waals surface area contributed by atoms with Gasteiger partial charge in [-0.1, -0.05) is 18.9 Å². The highest BCUT2D eigenvalue weighted by molar-refractivity contribution is 5.42. The molecule has 0 heterocycles. The van der Waals surface area contributed by atoms with Crippen LogP contribution in [-0.4, -0.2) is 7.11 Å². The van der Waals surface area contributed by atoms with Gasteiger partial charge in [-0.05, 0) is 30.5 Å². The molecule has 2 nitrogen and oxygen atoms in total. The van der Waals surface area contributed by atoms with Crippen molar-refractivity contribution in [3.63, 3.8) is 0 Å². The van der Waals surface area contributed by atoms with E-state index in [4.69, 9.17) is 10.5 Å². The van der Waals surface area contributed by atoms with Gasteiger partial charge < -0.3 is 10.5 Å². The average Bonchev–Trinajstić information content (AvgIpc) is 2.75. The number of benzene rings is 1. The van der Waals surface area contributed by atoms with Crippen LogP contribution in [0.1, 0.15) is 43.7 Å². The predicted octanol–water partition coefficient (Wildman–Crippen LogP) is 3.53. The lowest BCUT2D eigenvalue weighted by molar-refractivity contribution is 0.0149. The minimum Gasteiger partial charge on any atom is -0.496 e. The highest BCUT2D eigenvalue weighted by atomic mass is 19.3. The second kappa shape index (κ2) is 4.50. The van der Waals surface area contributed by atoms with Crippen LogP contribution in [0.5, 0.6) is 5.75 Å². The van der Waals surface area contributed by atoms with E-state index in [1.54, 1.807) is 12.1 Å². The van der Waals surface area contributed by atoms with Gasteiger partial charge in [-0.2, -0.15) is 0 Å². The van der Waals surface area contributed by atoms with Crippen LogP contribution in [0.15, 0.2) is 18.2 Å². The molecule has 0 atom stereocenters. The topological polar surface area (TPSA) is 35.2 Å². The van der Waals surface area contributed by atoms with Gasteiger partial charge in [0.25, 0.3) is 5.92 Å². The van der Waals surface area contributed by atoms with Crippen LogP contribution >= 0.6 is 0 Å². The lowest BCUT2D eigenvalue weighted by Gasteiger charge is -2.26. The van der Waals surface area contributed by atoms with Crippen molar-refractivity contribution in [1.29, 1.82) is 0 Å². The maximum absolute atomic E-state index is 13.6. The van der Waals surface area contributed by atoms with Crippen LogP contribution in [0.3, 0.4) is 0 Å². The molecule has 1 aromatic rings. The summed E-state index contributed by atoms with van der Waals surface area (Å²) in [5.74, 6) is -2.70. The van der Waals surface area contributed by atoms with Crippen LogP contribution in [0.2, 0.25) is 0 Å². The monoisotopic (exact) mass is 255 g/mol. The lowest BCUT2D eigenvalue weighted by Crippen LogP contribution is -2.33. The van der Waals surface area contributed by atoms with Gasteiger partial charge in [-0.3, -0.25) is 0 Å². The SMILES string of the molecule is COc1ccc(C2(N)CCCC2)cc1C(C)(F)F. The summed E-state index contributed by atoms with van der Waals surface area (Å²) in [6, 6.07) is 4.90. The molecule has 0 bridgehead atoms. The molecule has 2 rings (SSSR count). The molecule has 1 aliphatic carbocycles. The smallest absolute Gasteiger partial charge is 0.274 e. The third kappa shape index (κ3) is 2.34. The van der Waals surface area contributed by atoms with Crippen LogP contribution < -0.4 is 10.5 Å². The van der Waals surface area contributed by atoms with E-state index in [1.165, 1.54) is 13.2 Å². The van der Waals surface area contributed by atoms with E-state index in [0.29, 0.717) is 0 Å². The summed E-state index contributed by atoms with van der Waals surface area (Å²) in [7, 11) is 1.40. The highest BCUT2D eigenvalue weighted by Crippen LogP contribution is 2.41. The van der Waals surface area contributed by atoms with Crippen LogP contribution in [0.25, 0.3) is 0 Å². The molecule has 1 fully saturated rings. The molecule has 4 heteroatoms. The zero-order valence-electron chi connectivity index (χ0n) is 10.8.